The van der Waals surface area contributed by atoms with Crippen LogP contribution in [0.4, 0.5) is 0 Å². The number of nitrogens with zero attached hydrogens (tertiary/aromatic N) is 1. The lowest BCUT2D eigenvalue weighted by atomic mass is 10.1. The highest BCUT2D eigenvalue weighted by Gasteiger charge is 2.13. The zero-order chi connectivity index (χ0) is 16.9. The average Bonchev–Trinajstić information content (AvgIpc) is 3.30. The van der Waals surface area contributed by atoms with Crippen LogP contribution < -0.4 is 0 Å². The van der Waals surface area contributed by atoms with E-state index in [0.717, 1.165) is 0 Å². The van der Waals surface area contributed by atoms with E-state index in [4.69, 9.17) is 13.7 Å². The maximum Gasteiger partial charge on any atom is 0.338 e. The molecule has 0 atom stereocenters. The molecule has 3 aromatic rings. The molecule has 0 radical (unpaired) electrons. The highest BCUT2D eigenvalue weighted by Crippen LogP contribution is 2.21. The van der Waals surface area contributed by atoms with Gasteiger partial charge in [-0.2, -0.15) is 0 Å². The second kappa shape index (κ2) is 6.82. The molecule has 7 nitrogen and oxygen atoms in total. The Morgan fingerprint density at radius 1 is 1.04 bits per heavy atom. The molecule has 0 bridgehead atoms. The number of esters is 2. The van der Waals surface area contributed by atoms with Crippen LogP contribution in [0.3, 0.4) is 0 Å². The average molecular weight is 327 g/mol. The molecule has 24 heavy (non-hydrogen) atoms. The van der Waals surface area contributed by atoms with Crippen molar-refractivity contribution in [2.24, 2.45) is 0 Å². The van der Waals surface area contributed by atoms with Crippen LogP contribution in [0.1, 0.15) is 26.4 Å². The maximum atomic E-state index is 12.0. The van der Waals surface area contributed by atoms with E-state index in [2.05, 4.69) is 9.89 Å². The normalized spacial score (nSPS) is 10.4. The molecule has 1 aromatic carbocycles. The number of carbonyl (C=O) groups excluding carboxylic acids is 2. The SMILES string of the molecule is COC(=O)c1ccc(C(=O)OCc2cc(-c3ccco3)on2)cc1. The van der Waals surface area contributed by atoms with Gasteiger partial charge in [-0.1, -0.05) is 5.16 Å². The van der Waals surface area contributed by atoms with E-state index in [1.54, 1.807) is 18.2 Å². The standard InChI is InChI=1S/C17H13NO6/c1-21-16(19)11-4-6-12(7-5-11)17(20)23-10-13-9-15(24-18-13)14-3-2-8-22-14/h2-9H,10H2,1H3. The van der Waals surface area contributed by atoms with E-state index in [1.807, 2.05) is 0 Å². The van der Waals surface area contributed by atoms with E-state index in [-0.39, 0.29) is 6.61 Å². The summed E-state index contributed by atoms with van der Waals surface area (Å²) in [7, 11) is 1.29. The van der Waals surface area contributed by atoms with Gasteiger partial charge in [0.05, 0.1) is 24.5 Å². The molecule has 7 heteroatoms. The Balaban J connectivity index is 1.60. The molecular formula is C17H13NO6. The Morgan fingerprint density at radius 3 is 2.38 bits per heavy atom. The molecule has 0 N–H and O–H groups in total. The molecule has 0 spiro atoms. The summed E-state index contributed by atoms with van der Waals surface area (Å²) >= 11 is 0. The maximum absolute atomic E-state index is 12.0. The van der Waals surface area contributed by atoms with Crippen molar-refractivity contribution in [2.75, 3.05) is 7.11 Å². The molecule has 3 rings (SSSR count). The van der Waals surface area contributed by atoms with Crippen LogP contribution >= 0.6 is 0 Å². The third kappa shape index (κ3) is 3.35. The first-order valence-electron chi connectivity index (χ1n) is 7.02. The zero-order valence-electron chi connectivity index (χ0n) is 12.7. The largest absolute Gasteiger partial charge is 0.465 e. The van der Waals surface area contributed by atoms with Gasteiger partial charge in [0.1, 0.15) is 12.3 Å². The van der Waals surface area contributed by atoms with Gasteiger partial charge < -0.3 is 18.4 Å². The van der Waals surface area contributed by atoms with E-state index in [9.17, 15) is 9.59 Å². The second-order valence-electron chi connectivity index (χ2n) is 4.80. The molecular weight excluding hydrogens is 314 g/mol. The topological polar surface area (TPSA) is 91.8 Å². The van der Waals surface area contributed by atoms with Crippen LogP contribution in [0.25, 0.3) is 11.5 Å². The number of benzene rings is 1. The van der Waals surface area contributed by atoms with Crippen LogP contribution in [-0.2, 0) is 16.1 Å². The molecule has 122 valence electrons. The molecule has 0 amide bonds. The van der Waals surface area contributed by atoms with Crippen molar-refractivity contribution in [2.45, 2.75) is 6.61 Å². The number of aromatic nitrogens is 1. The molecule has 0 aliphatic heterocycles. The summed E-state index contributed by atoms with van der Waals surface area (Å²) in [4.78, 5) is 23.3. The van der Waals surface area contributed by atoms with Crippen molar-refractivity contribution in [3.05, 3.63) is 65.5 Å². The number of rotatable bonds is 5. The van der Waals surface area contributed by atoms with E-state index in [0.29, 0.717) is 28.3 Å². The Bertz CT molecular complexity index is 832. The predicted octanol–water partition coefficient (Wildman–Crippen LogP) is 3.08. The van der Waals surface area contributed by atoms with Gasteiger partial charge in [0.15, 0.2) is 5.76 Å². The number of carbonyl (C=O) groups is 2. The van der Waals surface area contributed by atoms with Crippen molar-refractivity contribution >= 4 is 11.9 Å². The van der Waals surface area contributed by atoms with Gasteiger partial charge in [0, 0.05) is 6.07 Å². The quantitative estimate of drug-likeness (QED) is 0.665. The van der Waals surface area contributed by atoms with E-state index < -0.39 is 11.9 Å². The molecule has 2 heterocycles. The minimum absolute atomic E-state index is 0.0399. The lowest BCUT2D eigenvalue weighted by Gasteiger charge is -2.03. The highest BCUT2D eigenvalue weighted by atomic mass is 16.5. The molecule has 0 aliphatic rings. The van der Waals surface area contributed by atoms with Gasteiger partial charge in [-0.15, -0.1) is 0 Å². The number of hydrogen-bond donors (Lipinski definition) is 0. The summed E-state index contributed by atoms with van der Waals surface area (Å²) in [5, 5.41) is 3.81. The molecule has 0 saturated carbocycles. The fourth-order valence-corrected chi connectivity index (χ4v) is 2.00. The summed E-state index contributed by atoms with van der Waals surface area (Å²) in [6.45, 7) is -0.0399. The van der Waals surface area contributed by atoms with Crippen molar-refractivity contribution in [1.29, 1.82) is 0 Å². The van der Waals surface area contributed by atoms with Crippen LogP contribution in [0, 0.1) is 0 Å². The van der Waals surface area contributed by atoms with Crippen LogP contribution in [-0.4, -0.2) is 24.2 Å². The van der Waals surface area contributed by atoms with Gasteiger partial charge in [-0.05, 0) is 36.4 Å². The lowest BCUT2D eigenvalue weighted by Crippen LogP contribution is -2.07. The first-order valence-corrected chi connectivity index (χ1v) is 7.02. The fraction of sp³-hybridized carbons (Fsp3) is 0.118. The third-order valence-electron chi connectivity index (χ3n) is 3.22. The van der Waals surface area contributed by atoms with Gasteiger partial charge in [0.2, 0.25) is 5.76 Å². The van der Waals surface area contributed by atoms with Crippen molar-refractivity contribution in [1.82, 2.24) is 5.16 Å². The van der Waals surface area contributed by atoms with Crippen LogP contribution in [0.5, 0.6) is 0 Å². The predicted molar refractivity (Wildman–Crippen MR) is 81.1 cm³/mol. The molecule has 0 fully saturated rings. The first-order chi connectivity index (χ1) is 11.7. The van der Waals surface area contributed by atoms with Gasteiger partial charge in [-0.25, -0.2) is 9.59 Å². The van der Waals surface area contributed by atoms with Crippen LogP contribution in [0.2, 0.25) is 0 Å². The zero-order valence-corrected chi connectivity index (χ0v) is 12.7. The molecule has 2 aromatic heterocycles. The Labute approximate surface area is 136 Å². The summed E-state index contributed by atoms with van der Waals surface area (Å²) in [5.74, 6) is -0.0103. The molecule has 0 saturated heterocycles. The second-order valence-corrected chi connectivity index (χ2v) is 4.80. The minimum Gasteiger partial charge on any atom is -0.465 e. The van der Waals surface area contributed by atoms with E-state index >= 15 is 0 Å². The van der Waals surface area contributed by atoms with Gasteiger partial charge >= 0.3 is 11.9 Å². The number of furan rings is 1. The van der Waals surface area contributed by atoms with Crippen LogP contribution in [0.15, 0.2) is 57.7 Å². The number of ether oxygens (including phenoxy) is 2. The summed E-state index contributed by atoms with van der Waals surface area (Å²) in [5.41, 5.74) is 1.13. The summed E-state index contributed by atoms with van der Waals surface area (Å²) in [6, 6.07) is 11.1. The van der Waals surface area contributed by atoms with E-state index in [1.165, 1.54) is 37.6 Å². The highest BCUT2D eigenvalue weighted by molar-refractivity contribution is 5.93. The summed E-state index contributed by atoms with van der Waals surface area (Å²) < 4.78 is 20.1. The van der Waals surface area contributed by atoms with Gasteiger partial charge in [-0.3, -0.25) is 0 Å². The van der Waals surface area contributed by atoms with Crippen molar-refractivity contribution < 1.29 is 28.0 Å². The number of methoxy groups -OCH3 is 1. The first kappa shape index (κ1) is 15.5. The fourth-order valence-electron chi connectivity index (χ4n) is 2.00. The Kier molecular flexibility index (Phi) is 4.42. The molecule has 0 aliphatic carbocycles. The number of hydrogen-bond acceptors (Lipinski definition) is 7. The Morgan fingerprint density at radius 2 is 1.75 bits per heavy atom. The third-order valence-corrected chi connectivity index (χ3v) is 3.22. The lowest BCUT2D eigenvalue weighted by molar-refractivity contribution is 0.0463. The molecule has 0 unspecified atom stereocenters. The van der Waals surface area contributed by atoms with Crippen molar-refractivity contribution in [3.63, 3.8) is 0 Å². The smallest absolute Gasteiger partial charge is 0.338 e. The monoisotopic (exact) mass is 327 g/mol. The van der Waals surface area contributed by atoms with Gasteiger partial charge in [0.25, 0.3) is 0 Å². The minimum atomic E-state index is -0.533. The summed E-state index contributed by atoms with van der Waals surface area (Å²) in [6.07, 6.45) is 1.52. The van der Waals surface area contributed by atoms with Crippen molar-refractivity contribution in [3.8, 4) is 11.5 Å². The Hall–Kier alpha value is -3.35.